The number of halogens is 23. The van der Waals surface area contributed by atoms with Crippen LogP contribution in [0.25, 0.3) is 32.7 Å². The monoisotopic (exact) mass is 876 g/mol. The number of hydrogen-bond acceptors (Lipinski definition) is 2. The molecule has 0 radical (unpaired) electrons. The zero-order valence-electron chi connectivity index (χ0n) is 26.6. The third-order valence-corrected chi connectivity index (χ3v) is 8.79. The van der Waals surface area contributed by atoms with Gasteiger partial charge in [-0.3, -0.25) is 0 Å². The molecule has 0 saturated heterocycles. The molecule has 7 rings (SSSR count). The second-order valence-electron chi connectivity index (χ2n) is 11.8. The lowest BCUT2D eigenvalue weighted by Crippen LogP contribution is -2.49. The maximum atomic E-state index is 16.2. The van der Waals surface area contributed by atoms with Crippen LogP contribution in [0, 0.1) is 122 Å². The van der Waals surface area contributed by atoms with Crippen LogP contribution in [-0.2, 0) is 5.92 Å². The van der Waals surface area contributed by atoms with E-state index in [0.29, 0.717) is 0 Å². The molecule has 0 unspecified atom stereocenters. The lowest BCUT2D eigenvalue weighted by molar-refractivity contribution is 0.0433. The van der Waals surface area contributed by atoms with Gasteiger partial charge in [0.1, 0.15) is 0 Å². The molecule has 308 valence electrons. The van der Waals surface area contributed by atoms with E-state index >= 15 is 43.9 Å². The Labute approximate surface area is 306 Å². The van der Waals surface area contributed by atoms with Crippen LogP contribution in [0.5, 0.6) is 11.5 Å². The highest BCUT2D eigenvalue weighted by Gasteiger charge is 2.57. The summed E-state index contributed by atoms with van der Waals surface area (Å²) in [4.78, 5) is 0. The zero-order valence-corrected chi connectivity index (χ0v) is 26.6. The van der Waals surface area contributed by atoms with Gasteiger partial charge in [0.25, 0.3) is 0 Å². The third kappa shape index (κ3) is 5.18. The fraction of sp³-hybridized carbons (Fsp3) is 0.0303. The summed E-state index contributed by atoms with van der Waals surface area (Å²) in [5.74, 6) is -77.3. The Morgan fingerprint density at radius 3 is 0.915 bits per heavy atom. The molecule has 26 heteroatoms. The number of benzene rings is 6. The van der Waals surface area contributed by atoms with Crippen molar-refractivity contribution in [1.82, 2.24) is 0 Å². The minimum atomic E-state index is -5.91. The second kappa shape index (κ2) is 13.2. The predicted molar refractivity (Wildman–Crippen MR) is 149 cm³/mol. The smallest absolute Gasteiger partial charge is 0.519 e. The van der Waals surface area contributed by atoms with E-state index in [2.05, 4.69) is 9.31 Å². The van der Waals surface area contributed by atoms with E-state index in [9.17, 15) is 57.1 Å². The summed E-state index contributed by atoms with van der Waals surface area (Å²) < 4.78 is 353. The molecule has 0 fully saturated rings. The molecule has 59 heavy (non-hydrogen) atoms. The molecule has 0 spiro atoms. The quantitative estimate of drug-likeness (QED) is 0.0744. The summed E-state index contributed by atoms with van der Waals surface area (Å²) in [5.41, 5.74) is -14.0. The highest BCUT2D eigenvalue weighted by Crippen LogP contribution is 2.55. The van der Waals surface area contributed by atoms with Gasteiger partial charge in [0.05, 0.1) is 32.6 Å². The molecule has 0 aliphatic heterocycles. The van der Waals surface area contributed by atoms with Crippen LogP contribution in [-0.4, -0.2) is 7.12 Å². The summed E-state index contributed by atoms with van der Waals surface area (Å²) in [6.07, 6.45) is 0. The summed E-state index contributed by atoms with van der Waals surface area (Å²) >= 11 is 0. The SMILES string of the molecule is Fc1c(F)c(F)c2c(c1F)-c1c(F)c(F)c(F)c(B(Oc3c(F)c(F)c(F)c4c(F)c(F)c(F)c(F)c34)Oc3c(F)c(F)c(F)c4c(F)c(F)c(F)c(F)c34)c1C2(F)F. The van der Waals surface area contributed by atoms with Crippen LogP contribution in [0.15, 0.2) is 0 Å². The van der Waals surface area contributed by atoms with Crippen LogP contribution < -0.4 is 14.8 Å². The molecule has 6 aromatic rings. The highest BCUT2D eigenvalue weighted by molar-refractivity contribution is 6.64. The van der Waals surface area contributed by atoms with Crippen molar-refractivity contribution in [1.29, 1.82) is 0 Å². The molecule has 0 heterocycles. The molecule has 2 nitrogen and oxygen atoms in total. The topological polar surface area (TPSA) is 18.5 Å². The maximum absolute atomic E-state index is 16.2. The average molecular weight is 876 g/mol. The fourth-order valence-electron chi connectivity index (χ4n) is 6.26. The van der Waals surface area contributed by atoms with Crippen LogP contribution in [0.4, 0.5) is 101 Å². The summed E-state index contributed by atoms with van der Waals surface area (Å²) in [6, 6.07) is 0. The van der Waals surface area contributed by atoms with Crippen LogP contribution in [0.2, 0.25) is 0 Å². The van der Waals surface area contributed by atoms with Gasteiger partial charge in [-0.1, -0.05) is 0 Å². The minimum Gasteiger partial charge on any atom is -0.519 e. The summed E-state index contributed by atoms with van der Waals surface area (Å²) in [5, 5.41) is -10.4. The van der Waals surface area contributed by atoms with Gasteiger partial charge in [0, 0.05) is 16.7 Å². The number of fused-ring (bicyclic) bond motifs is 5. The molecular weight excluding hydrogens is 876 g/mol. The van der Waals surface area contributed by atoms with Crippen LogP contribution >= 0.6 is 0 Å². The fourth-order valence-corrected chi connectivity index (χ4v) is 6.26. The molecule has 0 N–H and O–H groups in total. The van der Waals surface area contributed by atoms with Gasteiger partial charge in [-0.15, -0.1) is 0 Å². The molecule has 0 bridgehead atoms. The Kier molecular flexibility index (Phi) is 9.19. The van der Waals surface area contributed by atoms with Crippen LogP contribution in [0.3, 0.4) is 0 Å². The largest absolute Gasteiger partial charge is 0.636 e. The van der Waals surface area contributed by atoms with Crippen molar-refractivity contribution in [2.45, 2.75) is 5.92 Å². The van der Waals surface area contributed by atoms with Gasteiger partial charge in [0.15, 0.2) is 122 Å². The molecule has 0 saturated carbocycles. The lowest BCUT2D eigenvalue weighted by atomic mass is 9.72. The van der Waals surface area contributed by atoms with Crippen LogP contribution in [0.1, 0.15) is 11.1 Å². The van der Waals surface area contributed by atoms with Crippen molar-refractivity contribution in [3.63, 3.8) is 0 Å². The van der Waals surface area contributed by atoms with E-state index in [-0.39, 0.29) is 0 Å². The Morgan fingerprint density at radius 2 is 0.542 bits per heavy atom. The van der Waals surface area contributed by atoms with E-state index in [1.54, 1.807) is 0 Å². The first-order valence-corrected chi connectivity index (χ1v) is 14.8. The third-order valence-electron chi connectivity index (χ3n) is 8.79. The first-order valence-electron chi connectivity index (χ1n) is 14.8. The molecule has 0 atom stereocenters. The lowest BCUT2D eigenvalue weighted by Gasteiger charge is -2.25. The van der Waals surface area contributed by atoms with Gasteiger partial charge < -0.3 is 9.31 Å². The zero-order chi connectivity index (χ0) is 44.0. The van der Waals surface area contributed by atoms with E-state index in [0.717, 1.165) is 0 Å². The van der Waals surface area contributed by atoms with E-state index in [4.69, 9.17) is 0 Å². The standard InChI is InChI=1S/C33BF23O2/c35-10-1-2-8(18(43)28(53)21(46)11(2)36)33(56,57)7(1)9(19(44)20(10)45)34(58-31-5-3(14(39)26(51)29(31)54)12(37)22(47)24(49)16(5)41)59-32-6-4(15(40)27(52)30(32)55)13(38)23(48)25(50)17(6)42. The molecule has 0 amide bonds. The Hall–Kier alpha value is -6.11. The van der Waals surface area contributed by atoms with Crippen molar-refractivity contribution < 1.29 is 110 Å². The van der Waals surface area contributed by atoms with Gasteiger partial charge in [0.2, 0.25) is 11.6 Å². The highest BCUT2D eigenvalue weighted by atomic mass is 19.3. The predicted octanol–water partition coefficient (Wildman–Crippen LogP) is 10.9. The van der Waals surface area contributed by atoms with E-state index in [1.807, 2.05) is 0 Å². The van der Waals surface area contributed by atoms with Gasteiger partial charge in [-0.05, 0) is 0 Å². The van der Waals surface area contributed by atoms with Crippen molar-refractivity contribution in [2.75, 3.05) is 0 Å². The molecule has 1 aliphatic rings. The van der Waals surface area contributed by atoms with Crippen molar-refractivity contribution in [3.05, 3.63) is 133 Å². The van der Waals surface area contributed by atoms with Gasteiger partial charge in [-0.25, -0.2) is 83.4 Å². The van der Waals surface area contributed by atoms with Gasteiger partial charge >= 0.3 is 13.0 Å². The maximum Gasteiger partial charge on any atom is 0.636 e. The van der Waals surface area contributed by atoms with E-state index in [1.165, 1.54) is 0 Å². The normalized spacial score (nSPS) is 13.1. The average Bonchev–Trinajstić information content (AvgIpc) is 3.44. The number of hydrogen-bond donors (Lipinski definition) is 0. The number of alkyl halides is 2. The molecule has 6 aromatic carbocycles. The van der Waals surface area contributed by atoms with Gasteiger partial charge in [-0.2, -0.15) is 17.6 Å². The second-order valence-corrected chi connectivity index (χ2v) is 11.8. The number of rotatable bonds is 5. The molecule has 0 aromatic heterocycles. The minimum absolute atomic E-state index is 2.55. The Morgan fingerprint density at radius 1 is 0.271 bits per heavy atom. The summed E-state index contributed by atoms with van der Waals surface area (Å²) in [7, 11) is -4.50. The molecular formula is C33BF23O2. The first-order chi connectivity index (χ1) is 27.3. The first kappa shape index (κ1) is 41.1. The molecule has 1 aliphatic carbocycles. The Balaban J connectivity index is 1.68. The Bertz CT molecular complexity index is 2810. The van der Waals surface area contributed by atoms with E-state index < -0.39 is 196 Å². The van der Waals surface area contributed by atoms with Crippen molar-refractivity contribution >= 4 is 34.1 Å². The van der Waals surface area contributed by atoms with Crippen molar-refractivity contribution in [2.24, 2.45) is 0 Å². The summed E-state index contributed by atoms with van der Waals surface area (Å²) in [6.45, 7) is 0. The van der Waals surface area contributed by atoms with Crippen molar-refractivity contribution in [3.8, 4) is 22.6 Å².